The molecule has 2 aromatic carbocycles. The molecule has 0 bridgehead atoms. The summed E-state index contributed by atoms with van der Waals surface area (Å²) in [6.07, 6.45) is 1.47. The lowest BCUT2D eigenvalue weighted by Crippen LogP contribution is -2.26. The Morgan fingerprint density at radius 1 is 1.13 bits per heavy atom. The van der Waals surface area contributed by atoms with Gasteiger partial charge in [0.05, 0.1) is 27.6 Å². The van der Waals surface area contributed by atoms with E-state index in [-0.39, 0.29) is 11.6 Å². The van der Waals surface area contributed by atoms with Crippen LogP contribution in [0.3, 0.4) is 0 Å². The minimum atomic E-state index is -0.435. The van der Waals surface area contributed by atoms with Crippen molar-refractivity contribution in [3.63, 3.8) is 0 Å². The summed E-state index contributed by atoms with van der Waals surface area (Å²) >= 11 is 7.76. The normalized spacial score (nSPS) is 12.4. The summed E-state index contributed by atoms with van der Waals surface area (Å²) in [5.41, 5.74) is 3.08. The molecule has 5 aromatic rings. The second kappa shape index (κ2) is 7.72. The Bertz CT molecular complexity index is 1500. The van der Waals surface area contributed by atoms with Crippen LogP contribution in [0.1, 0.15) is 18.7 Å². The number of thiazole rings is 1. The molecule has 1 atom stereocenters. The van der Waals surface area contributed by atoms with Crippen molar-refractivity contribution in [1.82, 2.24) is 19.5 Å². The van der Waals surface area contributed by atoms with E-state index < -0.39 is 5.82 Å². The van der Waals surface area contributed by atoms with Crippen LogP contribution in [0.15, 0.2) is 65.2 Å². The van der Waals surface area contributed by atoms with Crippen LogP contribution < -0.4 is 10.9 Å². The van der Waals surface area contributed by atoms with Crippen molar-refractivity contribution in [3.05, 3.63) is 87.3 Å². The number of nitrogens with one attached hydrogen (secondary N) is 1. The molecule has 0 aliphatic carbocycles. The van der Waals surface area contributed by atoms with Crippen molar-refractivity contribution in [2.45, 2.75) is 13.0 Å². The molecule has 31 heavy (non-hydrogen) atoms. The third-order valence-electron chi connectivity index (χ3n) is 5.02. The van der Waals surface area contributed by atoms with E-state index in [9.17, 15) is 9.18 Å². The molecular formula is C22H15ClFN5OS. The van der Waals surface area contributed by atoms with Gasteiger partial charge in [-0.1, -0.05) is 29.8 Å². The number of pyridine rings is 1. The third kappa shape index (κ3) is 3.43. The first-order valence-electron chi connectivity index (χ1n) is 9.44. The molecule has 0 unspecified atom stereocenters. The van der Waals surface area contributed by atoms with Gasteiger partial charge in [-0.3, -0.25) is 9.36 Å². The molecule has 0 fully saturated rings. The summed E-state index contributed by atoms with van der Waals surface area (Å²) in [5.74, 6) is 0.124. The van der Waals surface area contributed by atoms with E-state index in [0.29, 0.717) is 38.5 Å². The maximum Gasteiger partial charge on any atom is 0.264 e. The van der Waals surface area contributed by atoms with Gasteiger partial charge in [0.1, 0.15) is 22.5 Å². The van der Waals surface area contributed by atoms with Crippen LogP contribution >= 0.6 is 22.9 Å². The summed E-state index contributed by atoms with van der Waals surface area (Å²) in [5, 5.41) is 4.76. The van der Waals surface area contributed by atoms with E-state index in [4.69, 9.17) is 11.6 Å². The molecule has 3 aromatic heterocycles. The summed E-state index contributed by atoms with van der Waals surface area (Å²) < 4.78 is 15.5. The Kier molecular flexibility index (Phi) is 4.88. The topological polar surface area (TPSA) is 72.7 Å². The number of anilines is 1. The third-order valence-corrected chi connectivity index (χ3v) is 6.07. The standard InChI is InChI=1S/C22H15ClFN5OS/c1-12(28-20-19-21(26-10-25-20)31-11-27-19)17-8-13-4-2-7-16(23)18(13)22(30)29(17)15-6-3-5-14(24)9-15/h2-12H,1H3,(H,25,26,28)/t12-/m0/s1. The average Bonchev–Trinajstić information content (AvgIpc) is 3.23. The molecule has 5 rings (SSSR count). The van der Waals surface area contributed by atoms with Crippen molar-refractivity contribution < 1.29 is 4.39 Å². The molecule has 0 amide bonds. The summed E-state index contributed by atoms with van der Waals surface area (Å²) in [4.78, 5) is 27.1. The van der Waals surface area contributed by atoms with Crippen LogP contribution in [0.4, 0.5) is 10.2 Å². The van der Waals surface area contributed by atoms with Gasteiger partial charge in [0, 0.05) is 5.69 Å². The quantitative estimate of drug-likeness (QED) is 0.398. The zero-order valence-corrected chi connectivity index (χ0v) is 17.8. The predicted octanol–water partition coefficient (Wildman–Crippen LogP) is 5.36. The molecule has 0 spiro atoms. The van der Waals surface area contributed by atoms with Gasteiger partial charge < -0.3 is 5.32 Å². The first-order valence-corrected chi connectivity index (χ1v) is 10.7. The Morgan fingerprint density at radius 2 is 1.97 bits per heavy atom. The predicted molar refractivity (Wildman–Crippen MR) is 122 cm³/mol. The zero-order valence-electron chi connectivity index (χ0n) is 16.2. The van der Waals surface area contributed by atoms with Crippen molar-refractivity contribution in [2.24, 2.45) is 0 Å². The smallest absolute Gasteiger partial charge is 0.264 e. The minimum Gasteiger partial charge on any atom is -0.360 e. The molecule has 0 saturated carbocycles. The van der Waals surface area contributed by atoms with E-state index in [2.05, 4.69) is 20.3 Å². The van der Waals surface area contributed by atoms with Crippen LogP contribution in [0.25, 0.3) is 26.8 Å². The zero-order chi connectivity index (χ0) is 21.5. The number of rotatable bonds is 4. The van der Waals surface area contributed by atoms with Gasteiger partial charge in [-0.2, -0.15) is 0 Å². The monoisotopic (exact) mass is 451 g/mol. The molecule has 0 aliphatic heterocycles. The van der Waals surface area contributed by atoms with Gasteiger partial charge in [0.25, 0.3) is 5.56 Å². The first kappa shape index (κ1) is 19.6. The lowest BCUT2D eigenvalue weighted by atomic mass is 10.1. The Balaban J connectivity index is 1.72. The lowest BCUT2D eigenvalue weighted by Gasteiger charge is -2.21. The molecular weight excluding hydrogens is 437 g/mol. The van der Waals surface area contributed by atoms with Gasteiger partial charge in [0.15, 0.2) is 5.82 Å². The first-order chi connectivity index (χ1) is 15.0. The van der Waals surface area contributed by atoms with Crippen molar-refractivity contribution in [2.75, 3.05) is 5.32 Å². The highest BCUT2D eigenvalue weighted by Crippen LogP contribution is 2.29. The van der Waals surface area contributed by atoms with Crippen LogP contribution in [0.5, 0.6) is 0 Å². The number of nitrogens with zero attached hydrogens (tertiary/aromatic N) is 4. The fourth-order valence-corrected chi connectivity index (χ4v) is 4.51. The van der Waals surface area contributed by atoms with Crippen LogP contribution in [-0.4, -0.2) is 19.5 Å². The van der Waals surface area contributed by atoms with E-state index in [1.165, 1.54) is 34.4 Å². The highest BCUT2D eigenvalue weighted by Gasteiger charge is 2.19. The lowest BCUT2D eigenvalue weighted by molar-refractivity contribution is 0.625. The largest absolute Gasteiger partial charge is 0.360 e. The number of hydrogen-bond donors (Lipinski definition) is 1. The molecule has 0 aliphatic rings. The Morgan fingerprint density at radius 3 is 2.81 bits per heavy atom. The van der Waals surface area contributed by atoms with Gasteiger partial charge >= 0.3 is 0 Å². The van der Waals surface area contributed by atoms with Gasteiger partial charge in [-0.15, -0.1) is 11.3 Å². The molecule has 0 saturated heterocycles. The average molecular weight is 452 g/mol. The highest BCUT2D eigenvalue weighted by atomic mass is 35.5. The number of aromatic nitrogens is 4. The fourth-order valence-electron chi connectivity index (χ4n) is 3.62. The van der Waals surface area contributed by atoms with Crippen LogP contribution in [-0.2, 0) is 0 Å². The van der Waals surface area contributed by atoms with Gasteiger partial charge in [0.2, 0.25) is 0 Å². The van der Waals surface area contributed by atoms with Crippen molar-refractivity contribution >= 4 is 49.9 Å². The molecule has 3 heterocycles. The number of benzene rings is 2. The summed E-state index contributed by atoms with van der Waals surface area (Å²) in [6, 6.07) is 12.7. The molecule has 154 valence electrons. The van der Waals surface area contributed by atoms with Gasteiger partial charge in [-0.05, 0) is 42.6 Å². The van der Waals surface area contributed by atoms with E-state index in [0.717, 1.165) is 4.83 Å². The van der Waals surface area contributed by atoms with Crippen molar-refractivity contribution in [3.8, 4) is 5.69 Å². The maximum atomic E-state index is 14.0. The maximum absolute atomic E-state index is 14.0. The van der Waals surface area contributed by atoms with Crippen LogP contribution in [0, 0.1) is 5.82 Å². The highest BCUT2D eigenvalue weighted by molar-refractivity contribution is 7.16. The number of halogens is 2. The molecule has 1 N–H and O–H groups in total. The summed E-state index contributed by atoms with van der Waals surface area (Å²) in [6.45, 7) is 1.90. The Labute approximate surface area is 185 Å². The molecule has 0 radical (unpaired) electrons. The van der Waals surface area contributed by atoms with Crippen LogP contribution in [0.2, 0.25) is 5.02 Å². The Hall–Kier alpha value is -3.36. The molecule has 6 nitrogen and oxygen atoms in total. The fraction of sp³-hybridized carbons (Fsp3) is 0.0909. The second-order valence-electron chi connectivity index (χ2n) is 6.99. The minimum absolute atomic E-state index is 0.321. The van der Waals surface area contributed by atoms with Crippen molar-refractivity contribution in [1.29, 1.82) is 0 Å². The van der Waals surface area contributed by atoms with E-state index in [1.54, 1.807) is 29.8 Å². The number of fused-ring (bicyclic) bond motifs is 2. The van der Waals surface area contributed by atoms with E-state index >= 15 is 0 Å². The summed E-state index contributed by atoms with van der Waals surface area (Å²) in [7, 11) is 0. The van der Waals surface area contributed by atoms with Gasteiger partial charge in [-0.25, -0.2) is 19.3 Å². The SMILES string of the molecule is C[C@H](Nc1ncnc2scnc12)c1cc2cccc(Cl)c2c(=O)n1-c1cccc(F)c1. The second-order valence-corrected chi connectivity index (χ2v) is 8.23. The molecule has 9 heteroatoms. The number of hydrogen-bond acceptors (Lipinski definition) is 6. The van der Waals surface area contributed by atoms with E-state index in [1.807, 2.05) is 19.1 Å².